The van der Waals surface area contributed by atoms with Crippen LogP contribution in [0.5, 0.6) is 5.88 Å². The third-order valence-corrected chi connectivity index (χ3v) is 2.80. The van der Waals surface area contributed by atoms with Gasteiger partial charge in [0.1, 0.15) is 6.10 Å². The molecule has 0 amide bonds. The van der Waals surface area contributed by atoms with E-state index in [1.54, 1.807) is 6.20 Å². The van der Waals surface area contributed by atoms with Crippen molar-refractivity contribution in [3.05, 3.63) is 36.5 Å². The van der Waals surface area contributed by atoms with Crippen LogP contribution in [0.3, 0.4) is 0 Å². The molecule has 1 aliphatic heterocycles. The summed E-state index contributed by atoms with van der Waals surface area (Å²) in [5, 5.41) is 2.23. The molecule has 3 heteroatoms. The summed E-state index contributed by atoms with van der Waals surface area (Å²) >= 11 is 0. The van der Waals surface area contributed by atoms with Gasteiger partial charge in [-0.2, -0.15) is 0 Å². The topological polar surface area (TPSA) is 31.4 Å². The Balaban J connectivity index is 1.96. The second-order valence-corrected chi connectivity index (χ2v) is 3.94. The fraction of sp³-hybridized carbons (Fsp3) is 0.308. The van der Waals surface area contributed by atoms with Gasteiger partial charge in [-0.05, 0) is 17.5 Å². The van der Waals surface area contributed by atoms with Gasteiger partial charge in [0.05, 0.1) is 13.2 Å². The summed E-state index contributed by atoms with van der Waals surface area (Å²) in [6.45, 7) is 1.46. The van der Waals surface area contributed by atoms with Gasteiger partial charge < -0.3 is 9.47 Å². The largest absolute Gasteiger partial charge is 0.471 e. The van der Waals surface area contributed by atoms with Crippen molar-refractivity contribution in [2.24, 2.45) is 0 Å². The number of ether oxygens (including phenoxy) is 2. The molecule has 0 spiro atoms. The van der Waals surface area contributed by atoms with Gasteiger partial charge in [-0.15, -0.1) is 0 Å². The fourth-order valence-corrected chi connectivity index (χ4v) is 1.95. The Morgan fingerprint density at radius 1 is 1.25 bits per heavy atom. The number of aromatic nitrogens is 1. The highest BCUT2D eigenvalue weighted by molar-refractivity contribution is 5.86. The molecule has 2 aromatic rings. The zero-order chi connectivity index (χ0) is 10.8. The first-order valence-corrected chi connectivity index (χ1v) is 5.51. The van der Waals surface area contributed by atoms with Crippen LogP contribution in [-0.2, 0) is 4.74 Å². The van der Waals surface area contributed by atoms with Crippen molar-refractivity contribution in [2.75, 3.05) is 13.2 Å². The highest BCUT2D eigenvalue weighted by Gasteiger charge is 2.18. The molecule has 16 heavy (non-hydrogen) atoms. The summed E-state index contributed by atoms with van der Waals surface area (Å²) in [6.07, 6.45) is 2.89. The molecule has 3 nitrogen and oxygen atoms in total. The van der Waals surface area contributed by atoms with Gasteiger partial charge in [-0.1, -0.05) is 18.2 Å². The number of rotatable bonds is 2. The van der Waals surface area contributed by atoms with E-state index in [9.17, 15) is 0 Å². The highest BCUT2D eigenvalue weighted by Crippen LogP contribution is 2.24. The molecule has 0 saturated carbocycles. The molecule has 0 aliphatic carbocycles. The van der Waals surface area contributed by atoms with Crippen molar-refractivity contribution in [3.8, 4) is 5.88 Å². The van der Waals surface area contributed by atoms with Gasteiger partial charge in [0.25, 0.3) is 0 Å². The van der Waals surface area contributed by atoms with Crippen LogP contribution in [0.1, 0.15) is 6.42 Å². The van der Waals surface area contributed by atoms with Crippen LogP contribution >= 0.6 is 0 Å². The molecule has 1 saturated heterocycles. The Hall–Kier alpha value is -1.61. The van der Waals surface area contributed by atoms with Crippen molar-refractivity contribution in [3.63, 3.8) is 0 Å². The zero-order valence-corrected chi connectivity index (χ0v) is 8.93. The third-order valence-electron chi connectivity index (χ3n) is 2.80. The monoisotopic (exact) mass is 215 g/mol. The van der Waals surface area contributed by atoms with Crippen LogP contribution < -0.4 is 4.74 Å². The molecule has 1 fully saturated rings. The summed E-state index contributed by atoms with van der Waals surface area (Å²) in [5.74, 6) is 0.716. The Morgan fingerprint density at radius 2 is 2.19 bits per heavy atom. The summed E-state index contributed by atoms with van der Waals surface area (Å²) in [7, 11) is 0. The summed E-state index contributed by atoms with van der Waals surface area (Å²) in [6, 6.07) is 10.1. The molecule has 0 radical (unpaired) electrons. The van der Waals surface area contributed by atoms with E-state index in [0.29, 0.717) is 12.5 Å². The van der Waals surface area contributed by atoms with Gasteiger partial charge in [-0.3, -0.25) is 0 Å². The second kappa shape index (κ2) is 4.10. The van der Waals surface area contributed by atoms with Crippen LogP contribution in [0.25, 0.3) is 10.8 Å². The number of hydrogen-bond donors (Lipinski definition) is 0. The number of benzene rings is 1. The minimum Gasteiger partial charge on any atom is -0.471 e. The quantitative estimate of drug-likeness (QED) is 0.770. The zero-order valence-electron chi connectivity index (χ0n) is 8.93. The number of nitrogens with zero attached hydrogens (tertiary/aromatic N) is 1. The maximum atomic E-state index is 5.85. The smallest absolute Gasteiger partial charge is 0.221 e. The van der Waals surface area contributed by atoms with Crippen LogP contribution in [0.4, 0.5) is 0 Å². The number of fused-ring (bicyclic) bond motifs is 1. The van der Waals surface area contributed by atoms with E-state index < -0.39 is 0 Å². The minimum absolute atomic E-state index is 0.151. The van der Waals surface area contributed by atoms with Gasteiger partial charge in [0, 0.05) is 18.0 Å². The standard InChI is InChI=1S/C13H13NO2/c1-2-4-12-10(3-1)5-7-14-13(12)16-11-6-8-15-9-11/h1-5,7,11H,6,8-9H2. The normalized spacial score (nSPS) is 20.1. The Bertz CT molecular complexity index is 487. The van der Waals surface area contributed by atoms with Gasteiger partial charge in [0.15, 0.2) is 0 Å². The minimum atomic E-state index is 0.151. The first kappa shape index (κ1) is 9.60. The molecule has 1 unspecified atom stereocenters. The van der Waals surface area contributed by atoms with Gasteiger partial charge in [0.2, 0.25) is 5.88 Å². The van der Waals surface area contributed by atoms with Gasteiger partial charge >= 0.3 is 0 Å². The third kappa shape index (κ3) is 1.74. The van der Waals surface area contributed by atoms with Crippen molar-refractivity contribution < 1.29 is 9.47 Å². The number of pyridine rings is 1. The molecular formula is C13H13NO2. The molecule has 1 aliphatic rings. The summed E-state index contributed by atoms with van der Waals surface area (Å²) in [5.41, 5.74) is 0. The van der Waals surface area contributed by atoms with E-state index in [1.807, 2.05) is 24.3 Å². The first-order chi connectivity index (χ1) is 7.93. The molecule has 0 bridgehead atoms. The molecule has 1 aromatic heterocycles. The van der Waals surface area contributed by atoms with Crippen LogP contribution in [0.2, 0.25) is 0 Å². The SMILES string of the molecule is c1ccc2c(OC3CCOC3)nccc2c1. The van der Waals surface area contributed by atoms with E-state index in [1.165, 1.54) is 0 Å². The average molecular weight is 215 g/mol. The van der Waals surface area contributed by atoms with Crippen molar-refractivity contribution in [1.29, 1.82) is 0 Å². The van der Waals surface area contributed by atoms with Crippen molar-refractivity contribution in [2.45, 2.75) is 12.5 Å². The van der Waals surface area contributed by atoms with E-state index >= 15 is 0 Å². The average Bonchev–Trinajstić information content (AvgIpc) is 2.82. The number of hydrogen-bond acceptors (Lipinski definition) is 3. The maximum Gasteiger partial charge on any atom is 0.221 e. The van der Waals surface area contributed by atoms with Crippen molar-refractivity contribution >= 4 is 10.8 Å². The van der Waals surface area contributed by atoms with Crippen LogP contribution in [-0.4, -0.2) is 24.3 Å². The lowest BCUT2D eigenvalue weighted by Gasteiger charge is -2.12. The molecule has 1 aromatic carbocycles. The lowest BCUT2D eigenvalue weighted by atomic mass is 10.2. The second-order valence-electron chi connectivity index (χ2n) is 3.94. The fourth-order valence-electron chi connectivity index (χ4n) is 1.95. The van der Waals surface area contributed by atoms with Crippen LogP contribution in [0.15, 0.2) is 36.5 Å². The van der Waals surface area contributed by atoms with E-state index in [-0.39, 0.29) is 6.10 Å². The maximum absolute atomic E-state index is 5.85. The summed E-state index contributed by atoms with van der Waals surface area (Å²) < 4.78 is 11.1. The molecule has 2 heterocycles. The van der Waals surface area contributed by atoms with Gasteiger partial charge in [-0.25, -0.2) is 4.98 Å². The van der Waals surface area contributed by atoms with E-state index in [4.69, 9.17) is 9.47 Å². The van der Waals surface area contributed by atoms with Crippen molar-refractivity contribution in [1.82, 2.24) is 4.98 Å². The molecule has 0 N–H and O–H groups in total. The Kier molecular flexibility index (Phi) is 2.46. The predicted octanol–water partition coefficient (Wildman–Crippen LogP) is 2.40. The predicted molar refractivity (Wildman–Crippen MR) is 61.6 cm³/mol. The lowest BCUT2D eigenvalue weighted by Crippen LogP contribution is -2.16. The summed E-state index contributed by atoms with van der Waals surface area (Å²) in [4.78, 5) is 4.29. The highest BCUT2D eigenvalue weighted by atomic mass is 16.5. The molecular weight excluding hydrogens is 202 g/mol. The first-order valence-electron chi connectivity index (χ1n) is 5.51. The molecule has 3 rings (SSSR count). The van der Waals surface area contributed by atoms with Crippen LogP contribution in [0, 0.1) is 0 Å². The molecule has 1 atom stereocenters. The van der Waals surface area contributed by atoms with E-state index in [2.05, 4.69) is 11.1 Å². The Morgan fingerprint density at radius 3 is 3.06 bits per heavy atom. The Labute approximate surface area is 94.0 Å². The lowest BCUT2D eigenvalue weighted by molar-refractivity contribution is 0.139. The van der Waals surface area contributed by atoms with E-state index in [0.717, 1.165) is 23.8 Å². The molecule has 82 valence electrons.